The molecule has 0 aliphatic heterocycles. The third kappa shape index (κ3) is 4.74. The van der Waals surface area contributed by atoms with E-state index in [1.807, 2.05) is 31.6 Å². The van der Waals surface area contributed by atoms with Crippen LogP contribution in [-0.4, -0.2) is 29.8 Å². The van der Waals surface area contributed by atoms with Crippen molar-refractivity contribution in [2.45, 2.75) is 26.4 Å². The number of nitrogens with zero attached hydrogens (tertiary/aromatic N) is 2. The lowest BCUT2D eigenvalue weighted by atomic mass is 10.2. The summed E-state index contributed by atoms with van der Waals surface area (Å²) in [7, 11) is 1.65. The number of aryl methyl sites for hydroxylation is 1. The Morgan fingerprint density at radius 3 is 2.86 bits per heavy atom. The van der Waals surface area contributed by atoms with Crippen molar-refractivity contribution in [1.29, 1.82) is 0 Å². The topological polar surface area (TPSA) is 48.3 Å². The van der Waals surface area contributed by atoms with Gasteiger partial charge in [0.1, 0.15) is 0 Å². The first-order valence-corrected chi connectivity index (χ1v) is 8.19. The van der Waals surface area contributed by atoms with Crippen LogP contribution in [0, 0.1) is 0 Å². The van der Waals surface area contributed by atoms with Gasteiger partial charge < -0.3 is 19.4 Å². The van der Waals surface area contributed by atoms with Gasteiger partial charge in [0.25, 0.3) is 0 Å². The maximum atomic E-state index is 5.62. The van der Waals surface area contributed by atoms with Gasteiger partial charge in [0.15, 0.2) is 11.5 Å². The fraction of sp³-hybridized carbons (Fsp3) is 0.438. The van der Waals surface area contributed by atoms with Crippen LogP contribution >= 0.6 is 15.9 Å². The van der Waals surface area contributed by atoms with Crippen LogP contribution in [0.25, 0.3) is 0 Å². The molecule has 0 saturated heterocycles. The first kappa shape index (κ1) is 16.8. The van der Waals surface area contributed by atoms with E-state index < -0.39 is 0 Å². The zero-order chi connectivity index (χ0) is 15.8. The average Bonchev–Trinajstić information content (AvgIpc) is 3.03. The third-order valence-corrected chi connectivity index (χ3v) is 4.02. The Balaban J connectivity index is 1.84. The van der Waals surface area contributed by atoms with Crippen LogP contribution in [0.5, 0.6) is 11.5 Å². The smallest absolute Gasteiger partial charge is 0.161 e. The zero-order valence-electron chi connectivity index (χ0n) is 13.0. The number of halogens is 1. The zero-order valence-corrected chi connectivity index (χ0v) is 14.6. The van der Waals surface area contributed by atoms with Crippen molar-refractivity contribution in [3.05, 3.63) is 40.9 Å². The van der Waals surface area contributed by atoms with Gasteiger partial charge in [0.05, 0.1) is 20.0 Å². The summed E-state index contributed by atoms with van der Waals surface area (Å²) >= 11 is 3.59. The highest BCUT2D eigenvalue weighted by Gasteiger charge is 2.09. The minimum absolute atomic E-state index is 0.621. The van der Waals surface area contributed by atoms with Crippen LogP contribution in [0.3, 0.4) is 0 Å². The lowest BCUT2D eigenvalue weighted by Gasteiger charge is -2.13. The molecule has 0 aliphatic carbocycles. The first-order chi connectivity index (χ1) is 10.7. The van der Waals surface area contributed by atoms with E-state index >= 15 is 0 Å². The molecule has 0 amide bonds. The molecule has 22 heavy (non-hydrogen) atoms. The number of aromatic nitrogens is 2. The Labute approximate surface area is 139 Å². The van der Waals surface area contributed by atoms with Crippen molar-refractivity contribution in [2.75, 3.05) is 20.3 Å². The van der Waals surface area contributed by atoms with Crippen LogP contribution in [0.4, 0.5) is 0 Å². The Kier molecular flexibility index (Phi) is 6.74. The minimum atomic E-state index is 0.621. The molecule has 0 radical (unpaired) electrons. The minimum Gasteiger partial charge on any atom is -0.493 e. The molecule has 5 nitrogen and oxygen atoms in total. The second-order valence-electron chi connectivity index (χ2n) is 4.86. The molecule has 1 N–H and O–H groups in total. The Bertz CT molecular complexity index is 573. The van der Waals surface area contributed by atoms with Crippen molar-refractivity contribution >= 4 is 15.9 Å². The van der Waals surface area contributed by atoms with Crippen LogP contribution in [0.15, 0.2) is 35.3 Å². The van der Waals surface area contributed by atoms with Crippen molar-refractivity contribution in [3.8, 4) is 11.5 Å². The molecule has 0 atom stereocenters. The second kappa shape index (κ2) is 8.80. The molecule has 120 valence electrons. The van der Waals surface area contributed by atoms with Crippen LogP contribution in [0.1, 0.15) is 18.9 Å². The Morgan fingerprint density at radius 2 is 2.18 bits per heavy atom. The monoisotopic (exact) mass is 367 g/mol. The van der Waals surface area contributed by atoms with E-state index in [9.17, 15) is 0 Å². The maximum Gasteiger partial charge on any atom is 0.161 e. The van der Waals surface area contributed by atoms with Gasteiger partial charge in [-0.3, -0.25) is 0 Å². The molecule has 1 aromatic heterocycles. The number of methoxy groups -OCH3 is 1. The van der Waals surface area contributed by atoms with E-state index in [4.69, 9.17) is 9.47 Å². The van der Waals surface area contributed by atoms with E-state index in [1.54, 1.807) is 13.3 Å². The molecule has 0 aliphatic rings. The number of rotatable bonds is 9. The van der Waals surface area contributed by atoms with E-state index in [-0.39, 0.29) is 0 Å². The molecule has 6 heteroatoms. The van der Waals surface area contributed by atoms with Crippen LogP contribution in [-0.2, 0) is 13.1 Å². The van der Waals surface area contributed by atoms with Gasteiger partial charge in [-0.25, -0.2) is 4.98 Å². The fourth-order valence-corrected chi connectivity index (χ4v) is 2.63. The summed E-state index contributed by atoms with van der Waals surface area (Å²) in [6.07, 6.45) is 6.68. The highest BCUT2D eigenvalue weighted by atomic mass is 79.9. The number of benzene rings is 1. The second-order valence-corrected chi connectivity index (χ2v) is 5.71. The number of ether oxygens (including phenoxy) is 2. The fourth-order valence-electron chi connectivity index (χ4n) is 2.17. The molecule has 0 spiro atoms. The molecule has 0 saturated carbocycles. The van der Waals surface area contributed by atoms with Crippen molar-refractivity contribution in [1.82, 2.24) is 14.9 Å². The van der Waals surface area contributed by atoms with Gasteiger partial charge >= 0.3 is 0 Å². The highest BCUT2D eigenvalue weighted by molar-refractivity contribution is 9.10. The van der Waals surface area contributed by atoms with Crippen molar-refractivity contribution < 1.29 is 9.47 Å². The van der Waals surface area contributed by atoms with Crippen molar-refractivity contribution in [3.63, 3.8) is 0 Å². The molecule has 0 fully saturated rings. The summed E-state index contributed by atoms with van der Waals surface area (Å²) in [6.45, 7) is 5.29. The summed E-state index contributed by atoms with van der Waals surface area (Å²) in [4.78, 5) is 4.03. The maximum absolute atomic E-state index is 5.62. The van der Waals surface area contributed by atoms with Crippen LogP contribution < -0.4 is 14.8 Å². The summed E-state index contributed by atoms with van der Waals surface area (Å²) in [5, 5.41) is 3.45. The largest absolute Gasteiger partial charge is 0.493 e. The molecule has 1 heterocycles. The van der Waals surface area contributed by atoms with Gasteiger partial charge in [-0.2, -0.15) is 0 Å². The standard InChI is InChI=1S/C16H22BrN3O2/c1-3-22-16-9-13(14(17)10-15(16)21-2)11-18-5-4-7-20-8-6-19-12-20/h6,8-10,12,18H,3-5,7,11H2,1-2H3. The van der Waals surface area contributed by atoms with Gasteiger partial charge in [0, 0.05) is 30.0 Å². The molecular weight excluding hydrogens is 346 g/mol. The normalized spacial score (nSPS) is 10.7. The van der Waals surface area contributed by atoms with E-state index in [2.05, 4.69) is 30.8 Å². The van der Waals surface area contributed by atoms with Gasteiger partial charge in [-0.05, 0) is 37.6 Å². The molecule has 0 bridgehead atoms. The van der Waals surface area contributed by atoms with E-state index in [1.165, 1.54) is 0 Å². The molecular formula is C16H22BrN3O2. The lowest BCUT2D eigenvalue weighted by Crippen LogP contribution is -2.16. The molecule has 0 unspecified atom stereocenters. The number of nitrogens with one attached hydrogen (secondary N) is 1. The highest BCUT2D eigenvalue weighted by Crippen LogP contribution is 2.33. The molecule has 2 rings (SSSR count). The SMILES string of the molecule is CCOc1cc(CNCCCn2ccnc2)c(Br)cc1OC. The Hall–Kier alpha value is -1.53. The van der Waals surface area contributed by atoms with Gasteiger partial charge in [-0.1, -0.05) is 15.9 Å². The van der Waals surface area contributed by atoms with Crippen LogP contribution in [0.2, 0.25) is 0 Å². The summed E-state index contributed by atoms with van der Waals surface area (Å²) < 4.78 is 14.1. The summed E-state index contributed by atoms with van der Waals surface area (Å²) in [6, 6.07) is 3.97. The van der Waals surface area contributed by atoms with E-state index in [0.29, 0.717) is 6.61 Å². The molecule has 2 aromatic rings. The predicted molar refractivity (Wildman–Crippen MR) is 90.4 cm³/mol. The van der Waals surface area contributed by atoms with Gasteiger partial charge in [-0.15, -0.1) is 0 Å². The number of imidazole rings is 1. The summed E-state index contributed by atoms with van der Waals surface area (Å²) in [5.74, 6) is 1.53. The average molecular weight is 368 g/mol. The third-order valence-electron chi connectivity index (χ3n) is 3.28. The van der Waals surface area contributed by atoms with E-state index in [0.717, 1.165) is 47.6 Å². The summed E-state index contributed by atoms with van der Waals surface area (Å²) in [5.41, 5.74) is 1.16. The Morgan fingerprint density at radius 1 is 1.32 bits per heavy atom. The number of hydrogen-bond donors (Lipinski definition) is 1. The predicted octanol–water partition coefficient (Wildman–Crippen LogP) is 3.23. The van der Waals surface area contributed by atoms with Gasteiger partial charge in [0.2, 0.25) is 0 Å². The quantitative estimate of drug-likeness (QED) is 0.691. The first-order valence-electron chi connectivity index (χ1n) is 7.40. The van der Waals surface area contributed by atoms with Crippen molar-refractivity contribution in [2.24, 2.45) is 0 Å². The lowest BCUT2D eigenvalue weighted by molar-refractivity contribution is 0.310. The number of hydrogen-bond acceptors (Lipinski definition) is 4. The molecule has 1 aromatic carbocycles.